The molecule has 4 rings (SSSR count). The van der Waals surface area contributed by atoms with Crippen LogP contribution in [0.1, 0.15) is 63.4 Å². The van der Waals surface area contributed by atoms with E-state index in [1.165, 1.54) is 11.3 Å². The summed E-state index contributed by atoms with van der Waals surface area (Å²) in [7, 11) is 0. The fourth-order valence-electron chi connectivity index (χ4n) is 4.11. The zero-order valence-corrected chi connectivity index (χ0v) is 22.6. The third-order valence-corrected chi connectivity index (χ3v) is 7.73. The fraction of sp³-hybridized carbons (Fsp3) is 0.321. The van der Waals surface area contributed by atoms with Crippen molar-refractivity contribution in [3.63, 3.8) is 0 Å². The van der Waals surface area contributed by atoms with Gasteiger partial charge in [0, 0.05) is 21.2 Å². The Hall–Kier alpha value is -3.36. The molecule has 1 aromatic heterocycles. The molecule has 0 saturated heterocycles. The summed E-state index contributed by atoms with van der Waals surface area (Å²) in [5.74, 6) is -0.617. The third-order valence-electron chi connectivity index (χ3n) is 6.12. The number of anilines is 2. The minimum Gasteiger partial charge on any atom is -0.481 e. The molecule has 2 amide bonds. The van der Waals surface area contributed by atoms with Crippen LogP contribution in [0.15, 0.2) is 42.5 Å². The number of hydrogen-bond donors (Lipinski definition) is 2. The van der Waals surface area contributed by atoms with Crippen molar-refractivity contribution in [3.05, 3.63) is 74.6 Å². The van der Waals surface area contributed by atoms with Gasteiger partial charge in [-0.2, -0.15) is 0 Å². The molecule has 194 valence electrons. The van der Waals surface area contributed by atoms with Crippen molar-refractivity contribution in [2.75, 3.05) is 17.2 Å². The molecule has 1 atom stereocenters. The highest BCUT2D eigenvalue weighted by Gasteiger charge is 2.27. The number of aryl methyl sites for hydroxylation is 2. The van der Waals surface area contributed by atoms with Crippen molar-refractivity contribution in [1.82, 2.24) is 0 Å². The van der Waals surface area contributed by atoms with Gasteiger partial charge >= 0.3 is 5.97 Å². The maximum atomic E-state index is 13.0. The first kappa shape index (κ1) is 26.7. The van der Waals surface area contributed by atoms with E-state index in [1.54, 1.807) is 50.2 Å². The molecular weight excluding hydrogens is 512 g/mol. The molecular formula is C28H29ClN2O5S. The Morgan fingerprint density at radius 2 is 1.78 bits per heavy atom. The smallest absolute Gasteiger partial charge is 0.341 e. The first-order valence-electron chi connectivity index (χ1n) is 12.2. The maximum absolute atomic E-state index is 13.0. The van der Waals surface area contributed by atoms with Gasteiger partial charge in [0.15, 0.2) is 6.10 Å². The van der Waals surface area contributed by atoms with E-state index in [0.717, 1.165) is 41.7 Å². The van der Waals surface area contributed by atoms with Crippen molar-refractivity contribution in [2.24, 2.45) is 0 Å². The molecule has 0 unspecified atom stereocenters. The Morgan fingerprint density at radius 3 is 2.49 bits per heavy atom. The minimum atomic E-state index is -0.774. The molecule has 1 aliphatic rings. The molecule has 37 heavy (non-hydrogen) atoms. The Morgan fingerprint density at radius 1 is 1.05 bits per heavy atom. The molecule has 0 spiro atoms. The average molecular weight is 541 g/mol. The number of esters is 1. The summed E-state index contributed by atoms with van der Waals surface area (Å²) >= 11 is 7.57. The molecule has 0 radical (unpaired) electrons. The lowest BCUT2D eigenvalue weighted by molar-refractivity contribution is -0.122. The van der Waals surface area contributed by atoms with Crippen LogP contribution in [0.4, 0.5) is 10.7 Å². The quantitative estimate of drug-likeness (QED) is 0.321. The van der Waals surface area contributed by atoms with Gasteiger partial charge in [-0.3, -0.25) is 9.59 Å². The van der Waals surface area contributed by atoms with Crippen LogP contribution in [0.3, 0.4) is 0 Å². The zero-order valence-electron chi connectivity index (χ0n) is 21.0. The highest BCUT2D eigenvalue weighted by atomic mass is 35.5. The van der Waals surface area contributed by atoms with Gasteiger partial charge in [0.2, 0.25) is 0 Å². The predicted octanol–water partition coefficient (Wildman–Crippen LogP) is 6.42. The molecule has 2 N–H and O–H groups in total. The standard InChI is InChI=1S/C28H29ClN2O5S/c1-4-35-28(34)24-21-7-5-6-8-23(21)37-27(24)31-26(33)18-10-13-20(14-11-18)36-17(3)25(32)30-19-12-9-16(2)22(29)15-19/h9-15,17H,4-8H2,1-3H3,(H,30,32)(H,31,33)/t17-/m1/s1. The number of rotatable bonds is 8. The number of carbonyl (C=O) groups is 3. The van der Waals surface area contributed by atoms with Crippen molar-refractivity contribution in [1.29, 1.82) is 0 Å². The molecule has 3 aromatic rings. The van der Waals surface area contributed by atoms with Crippen molar-refractivity contribution < 1.29 is 23.9 Å². The number of carbonyl (C=O) groups excluding carboxylic acids is 3. The minimum absolute atomic E-state index is 0.271. The predicted molar refractivity (Wildman–Crippen MR) is 146 cm³/mol. The molecule has 7 nitrogen and oxygen atoms in total. The van der Waals surface area contributed by atoms with Crippen LogP contribution in [-0.2, 0) is 22.4 Å². The monoisotopic (exact) mass is 540 g/mol. The van der Waals surface area contributed by atoms with Gasteiger partial charge in [-0.05, 0) is 94.0 Å². The highest BCUT2D eigenvalue weighted by Crippen LogP contribution is 2.39. The van der Waals surface area contributed by atoms with Gasteiger partial charge in [0.1, 0.15) is 10.8 Å². The van der Waals surface area contributed by atoms with Gasteiger partial charge < -0.3 is 20.1 Å². The number of hydrogen-bond acceptors (Lipinski definition) is 6. The third kappa shape index (κ3) is 6.32. The lowest BCUT2D eigenvalue weighted by atomic mass is 9.95. The van der Waals surface area contributed by atoms with Crippen LogP contribution < -0.4 is 15.4 Å². The van der Waals surface area contributed by atoms with E-state index in [9.17, 15) is 14.4 Å². The van der Waals surface area contributed by atoms with Gasteiger partial charge in [-0.1, -0.05) is 17.7 Å². The van der Waals surface area contributed by atoms with Crippen molar-refractivity contribution in [2.45, 2.75) is 52.6 Å². The maximum Gasteiger partial charge on any atom is 0.341 e. The second-order valence-electron chi connectivity index (χ2n) is 8.83. The van der Waals surface area contributed by atoms with E-state index in [-0.39, 0.29) is 18.4 Å². The van der Waals surface area contributed by atoms with Crippen LogP contribution in [0.5, 0.6) is 5.75 Å². The summed E-state index contributed by atoms with van der Waals surface area (Å²) in [5, 5.41) is 6.77. The number of ether oxygens (including phenoxy) is 2. The second-order valence-corrected chi connectivity index (χ2v) is 10.3. The molecule has 9 heteroatoms. The van der Waals surface area contributed by atoms with Crippen LogP contribution in [0, 0.1) is 6.92 Å². The van der Waals surface area contributed by atoms with E-state index < -0.39 is 12.1 Å². The highest BCUT2D eigenvalue weighted by molar-refractivity contribution is 7.17. The Kier molecular flexibility index (Phi) is 8.51. The summed E-state index contributed by atoms with van der Waals surface area (Å²) in [6.45, 7) is 5.56. The largest absolute Gasteiger partial charge is 0.481 e. The van der Waals surface area contributed by atoms with Gasteiger partial charge in [-0.25, -0.2) is 4.79 Å². The van der Waals surface area contributed by atoms with Crippen LogP contribution in [-0.4, -0.2) is 30.5 Å². The second kappa shape index (κ2) is 11.8. The molecule has 0 saturated carbocycles. The SMILES string of the molecule is CCOC(=O)c1c(NC(=O)c2ccc(O[C@H](C)C(=O)Nc3ccc(C)c(Cl)c3)cc2)sc2c1CCCC2. The van der Waals surface area contributed by atoms with E-state index >= 15 is 0 Å². The topological polar surface area (TPSA) is 93.7 Å². The lowest BCUT2D eigenvalue weighted by Gasteiger charge is -2.15. The first-order chi connectivity index (χ1) is 17.8. The number of thiophene rings is 1. The summed E-state index contributed by atoms with van der Waals surface area (Å²) in [6.07, 6.45) is 3.02. The van der Waals surface area contributed by atoms with Crippen LogP contribution in [0.2, 0.25) is 5.02 Å². The molecule has 0 aliphatic heterocycles. The molecule has 0 fully saturated rings. The number of nitrogens with one attached hydrogen (secondary N) is 2. The number of benzene rings is 2. The van der Waals surface area contributed by atoms with Gasteiger partial charge in [0.05, 0.1) is 12.2 Å². The normalized spacial score (nSPS) is 13.3. The van der Waals surface area contributed by atoms with Crippen LogP contribution in [0.25, 0.3) is 0 Å². The Balaban J connectivity index is 1.41. The number of halogens is 1. The summed E-state index contributed by atoms with van der Waals surface area (Å²) in [5.41, 5.74) is 3.38. The van der Waals surface area contributed by atoms with E-state index in [0.29, 0.717) is 32.6 Å². The molecule has 2 aromatic carbocycles. The molecule has 1 heterocycles. The number of fused-ring (bicyclic) bond motifs is 1. The van der Waals surface area contributed by atoms with E-state index in [2.05, 4.69) is 10.6 Å². The Labute approximate surface area is 225 Å². The van der Waals surface area contributed by atoms with Crippen LogP contribution >= 0.6 is 22.9 Å². The zero-order chi connectivity index (χ0) is 26.5. The fourth-order valence-corrected chi connectivity index (χ4v) is 5.56. The number of amides is 2. The Bertz CT molecular complexity index is 1320. The first-order valence-corrected chi connectivity index (χ1v) is 13.4. The summed E-state index contributed by atoms with van der Waals surface area (Å²) < 4.78 is 11.0. The van der Waals surface area contributed by atoms with E-state index in [1.807, 2.05) is 13.0 Å². The molecule has 1 aliphatic carbocycles. The van der Waals surface area contributed by atoms with E-state index in [4.69, 9.17) is 21.1 Å². The summed E-state index contributed by atoms with van der Waals surface area (Å²) in [6, 6.07) is 11.8. The van der Waals surface area contributed by atoms with Crippen molar-refractivity contribution >= 4 is 51.4 Å². The average Bonchev–Trinajstić information content (AvgIpc) is 3.24. The molecule has 0 bridgehead atoms. The lowest BCUT2D eigenvalue weighted by Crippen LogP contribution is -2.30. The summed E-state index contributed by atoms with van der Waals surface area (Å²) in [4.78, 5) is 39.3. The van der Waals surface area contributed by atoms with Gasteiger partial charge in [-0.15, -0.1) is 11.3 Å². The van der Waals surface area contributed by atoms with Gasteiger partial charge in [0.25, 0.3) is 11.8 Å². The van der Waals surface area contributed by atoms with Crippen molar-refractivity contribution in [3.8, 4) is 5.75 Å².